The van der Waals surface area contributed by atoms with Crippen molar-refractivity contribution in [3.05, 3.63) is 41.5 Å². The maximum Gasteiger partial charge on any atom is 4.00 e. The Bertz CT molecular complexity index is 628. The van der Waals surface area contributed by atoms with Gasteiger partial charge in [0.2, 0.25) is 0 Å². The molecule has 3 rings (SSSR count). The molecule has 1 heterocycles. The van der Waals surface area contributed by atoms with Crippen LogP contribution in [0.1, 0.15) is 11.1 Å². The van der Waals surface area contributed by atoms with Gasteiger partial charge >= 0.3 is 26.2 Å². The average Bonchev–Trinajstić information content (AvgIpc) is 2.67. The van der Waals surface area contributed by atoms with Crippen LogP contribution in [0.15, 0.2) is 30.3 Å². The second kappa shape index (κ2) is 7.97. The molecule has 0 aliphatic rings. The van der Waals surface area contributed by atoms with E-state index < -0.39 is 0 Å². The van der Waals surface area contributed by atoms with Crippen molar-refractivity contribution in [2.24, 2.45) is 0 Å². The molecule has 0 radical (unpaired) electrons. The smallest absolute Gasteiger partial charge is 1.00 e. The molecule has 2 aromatic carbocycles. The molecule has 0 N–H and O–H groups in total. The van der Waals surface area contributed by atoms with Crippen molar-refractivity contribution in [2.45, 2.75) is 13.8 Å². The van der Waals surface area contributed by atoms with Crippen molar-refractivity contribution in [1.82, 2.24) is 0 Å². The summed E-state index contributed by atoms with van der Waals surface area (Å²) < 4.78 is 2.87. The molecule has 18 heavy (non-hydrogen) atoms. The first-order valence-electron chi connectivity index (χ1n) is 4.81. The number of benzene rings is 1. The first-order chi connectivity index (χ1) is 6.77. The molecular weight excluding hydrogens is 386 g/mol. The van der Waals surface area contributed by atoms with Crippen LogP contribution in [0.2, 0.25) is 0 Å². The molecule has 94 valence electrons. The Labute approximate surface area is 149 Å². The molecule has 0 amide bonds. The second-order valence-electron chi connectivity index (χ2n) is 3.79. The number of aryl methyl sites for hydroxylation is 2. The van der Waals surface area contributed by atoms with Crippen LogP contribution in [-0.2, 0) is 26.2 Å². The zero-order valence-corrected chi connectivity index (χ0v) is 15.5. The topological polar surface area (TPSA) is 0 Å². The molecule has 3 aromatic rings. The molecule has 0 aliphatic carbocycles. The maximum absolute atomic E-state index is 2.31. The monoisotopic (exact) mass is 394 g/mol. The van der Waals surface area contributed by atoms with E-state index in [0.29, 0.717) is 0 Å². The minimum absolute atomic E-state index is 0. The molecule has 0 bridgehead atoms. The maximum atomic E-state index is 2.31. The number of hydrogen-bond donors (Lipinski definition) is 0. The van der Waals surface area contributed by atoms with Gasteiger partial charge in [0.1, 0.15) is 0 Å². The van der Waals surface area contributed by atoms with Crippen molar-refractivity contribution in [3.63, 3.8) is 0 Å². The Morgan fingerprint density at radius 3 is 2.28 bits per heavy atom. The summed E-state index contributed by atoms with van der Waals surface area (Å²) in [5.41, 5.74) is 2.86. The van der Waals surface area contributed by atoms with E-state index in [-0.39, 0.29) is 63.4 Å². The normalized spacial score (nSPS) is 9.00. The van der Waals surface area contributed by atoms with E-state index >= 15 is 0 Å². The molecule has 5 heteroatoms. The van der Waals surface area contributed by atoms with Crippen LogP contribution in [0.4, 0.5) is 0 Å². The van der Waals surface area contributed by atoms with Crippen molar-refractivity contribution < 1.29 is 63.4 Å². The number of thiophene rings is 1. The van der Waals surface area contributed by atoms with Gasteiger partial charge in [-0.2, -0.15) is 0 Å². The van der Waals surface area contributed by atoms with Crippen LogP contribution in [0.5, 0.6) is 0 Å². The molecule has 0 fully saturated rings. The average molecular weight is 397 g/mol. The third kappa shape index (κ3) is 3.16. The SMILES string of the molecule is Cc1[cH-]c2c(sc3ccccc32)c1C.[Cl-].[Cl-].[Cl-].[Zr+4]. The van der Waals surface area contributed by atoms with Crippen molar-refractivity contribution in [1.29, 1.82) is 0 Å². The predicted molar refractivity (Wildman–Crippen MR) is 64.4 cm³/mol. The van der Waals surface area contributed by atoms with Gasteiger partial charge < -0.3 is 37.2 Å². The standard InChI is InChI=1S/C13H11S.3ClH.Zr/c1-8-7-11-10-5-3-4-6-12(10)14-13(11)9(8)2;;;;/h3-7H,1-2H3;3*1H;/q-1;;;;+4/p-3. The summed E-state index contributed by atoms with van der Waals surface area (Å²) in [6, 6.07) is 11.0. The molecule has 0 spiro atoms. The van der Waals surface area contributed by atoms with Gasteiger partial charge in [-0.05, 0) is 4.70 Å². The van der Waals surface area contributed by atoms with Crippen molar-refractivity contribution in [2.75, 3.05) is 0 Å². The predicted octanol–water partition coefficient (Wildman–Crippen LogP) is -4.60. The molecule has 0 saturated heterocycles. The van der Waals surface area contributed by atoms with Gasteiger partial charge in [-0.3, -0.25) is 0 Å². The van der Waals surface area contributed by atoms with Crippen LogP contribution >= 0.6 is 11.3 Å². The van der Waals surface area contributed by atoms with Crippen molar-refractivity contribution in [3.8, 4) is 0 Å². The largest absolute Gasteiger partial charge is 4.00 e. The molecule has 0 unspecified atom stereocenters. The summed E-state index contributed by atoms with van der Waals surface area (Å²) in [6.07, 6.45) is 0. The minimum atomic E-state index is 0. The van der Waals surface area contributed by atoms with Gasteiger partial charge in [-0.1, -0.05) is 48.2 Å². The Balaban J connectivity index is 0. The fourth-order valence-electron chi connectivity index (χ4n) is 1.99. The Hall–Kier alpha value is 0.543. The zero-order valence-electron chi connectivity index (χ0n) is 9.93. The third-order valence-electron chi connectivity index (χ3n) is 2.93. The minimum Gasteiger partial charge on any atom is -1.00 e. The Morgan fingerprint density at radius 1 is 1.00 bits per heavy atom. The molecule has 0 aliphatic heterocycles. The first-order valence-corrected chi connectivity index (χ1v) is 5.63. The summed E-state index contributed by atoms with van der Waals surface area (Å²) >= 11 is 1.91. The van der Waals surface area contributed by atoms with E-state index in [9.17, 15) is 0 Å². The van der Waals surface area contributed by atoms with Gasteiger partial charge in [0.25, 0.3) is 0 Å². The van der Waals surface area contributed by atoms with E-state index in [0.717, 1.165) is 0 Å². The second-order valence-corrected chi connectivity index (χ2v) is 4.85. The van der Waals surface area contributed by atoms with Gasteiger partial charge in [0.05, 0.1) is 0 Å². The number of fused-ring (bicyclic) bond motifs is 3. The summed E-state index contributed by atoms with van der Waals surface area (Å²) in [5, 5.41) is 2.84. The Kier molecular flexibility index (Phi) is 9.23. The molecule has 0 saturated carbocycles. The third-order valence-corrected chi connectivity index (χ3v) is 4.23. The van der Waals surface area contributed by atoms with Crippen molar-refractivity contribution >= 4 is 31.5 Å². The molecule has 1 aromatic heterocycles. The first kappa shape index (κ1) is 20.9. The fourth-order valence-corrected chi connectivity index (χ4v) is 3.24. The van der Waals surface area contributed by atoms with Crippen LogP contribution in [0.25, 0.3) is 20.2 Å². The van der Waals surface area contributed by atoms with Crippen LogP contribution in [0, 0.1) is 13.8 Å². The van der Waals surface area contributed by atoms with Gasteiger partial charge in [0, 0.05) is 0 Å². The fraction of sp³-hybridized carbons (Fsp3) is 0.154. The van der Waals surface area contributed by atoms with Crippen LogP contribution < -0.4 is 37.2 Å². The van der Waals surface area contributed by atoms with Crippen LogP contribution in [-0.4, -0.2) is 0 Å². The van der Waals surface area contributed by atoms with Gasteiger partial charge in [-0.15, -0.1) is 22.6 Å². The number of rotatable bonds is 0. The number of halogens is 3. The molecule has 0 nitrogen and oxygen atoms in total. The van der Waals surface area contributed by atoms with E-state index in [1.54, 1.807) is 0 Å². The zero-order chi connectivity index (χ0) is 9.71. The van der Waals surface area contributed by atoms with Crippen LogP contribution in [0.3, 0.4) is 0 Å². The summed E-state index contributed by atoms with van der Waals surface area (Å²) in [5.74, 6) is 0. The quantitative estimate of drug-likeness (QED) is 0.336. The summed E-state index contributed by atoms with van der Waals surface area (Å²) in [4.78, 5) is 0. The summed E-state index contributed by atoms with van der Waals surface area (Å²) in [6.45, 7) is 4.41. The number of hydrogen-bond acceptors (Lipinski definition) is 1. The van der Waals surface area contributed by atoms with Gasteiger partial charge in [-0.25, -0.2) is 11.3 Å². The van der Waals surface area contributed by atoms with E-state index in [1.165, 1.54) is 31.3 Å². The summed E-state index contributed by atoms with van der Waals surface area (Å²) in [7, 11) is 0. The van der Waals surface area contributed by atoms with Gasteiger partial charge in [0.15, 0.2) is 0 Å². The van der Waals surface area contributed by atoms with E-state index in [4.69, 9.17) is 0 Å². The molecule has 0 atom stereocenters. The molecular formula is C13H11Cl3SZr. The Morgan fingerprint density at radius 2 is 1.61 bits per heavy atom. The van der Waals surface area contributed by atoms with E-state index in [1.807, 2.05) is 11.3 Å². The van der Waals surface area contributed by atoms with E-state index in [2.05, 4.69) is 44.2 Å².